The minimum atomic E-state index is -0.533. The molecule has 0 saturated carbocycles. The maximum absolute atomic E-state index is 11.6. The van der Waals surface area contributed by atoms with E-state index < -0.39 is 11.7 Å². The van der Waals surface area contributed by atoms with Crippen molar-refractivity contribution in [2.45, 2.75) is 26.4 Å². The van der Waals surface area contributed by atoms with Gasteiger partial charge < -0.3 is 26.1 Å². The largest absolute Gasteiger partial charge is 0.444 e. The summed E-state index contributed by atoms with van der Waals surface area (Å²) in [5.41, 5.74) is 5.83. The first kappa shape index (κ1) is 14.9. The molecular formula is C12H20N4O3. The Bertz CT molecular complexity index is 448. The third-order valence-corrected chi connectivity index (χ3v) is 2.03. The maximum atomic E-state index is 11.6. The molecule has 0 saturated heterocycles. The Labute approximate surface area is 111 Å². The SMILES string of the molecule is CC(C)(C)OC(=O)NCCNC(=O)c1cc(N)c[nH]1. The van der Waals surface area contributed by atoms with Gasteiger partial charge in [0.2, 0.25) is 0 Å². The number of aromatic amines is 1. The number of hydrogen-bond acceptors (Lipinski definition) is 4. The van der Waals surface area contributed by atoms with E-state index in [9.17, 15) is 9.59 Å². The van der Waals surface area contributed by atoms with Crippen LogP contribution < -0.4 is 16.4 Å². The standard InChI is InChI=1S/C12H20N4O3/c1-12(2,3)19-11(18)15-5-4-14-10(17)9-6-8(13)7-16-9/h6-7,16H,4-5,13H2,1-3H3,(H,14,17)(H,15,18). The highest BCUT2D eigenvalue weighted by molar-refractivity contribution is 5.93. The van der Waals surface area contributed by atoms with Gasteiger partial charge in [0.25, 0.3) is 5.91 Å². The minimum absolute atomic E-state index is 0.275. The fraction of sp³-hybridized carbons (Fsp3) is 0.500. The van der Waals surface area contributed by atoms with Gasteiger partial charge in [-0.1, -0.05) is 0 Å². The van der Waals surface area contributed by atoms with Gasteiger partial charge in [0.05, 0.1) is 0 Å². The molecule has 0 radical (unpaired) electrons. The molecule has 0 aliphatic rings. The summed E-state index contributed by atoms with van der Waals surface area (Å²) in [6.07, 6.45) is 1.03. The van der Waals surface area contributed by atoms with Crippen LogP contribution in [0.3, 0.4) is 0 Å². The van der Waals surface area contributed by atoms with Crippen molar-refractivity contribution in [2.75, 3.05) is 18.8 Å². The van der Waals surface area contributed by atoms with Crippen LogP contribution in [0.1, 0.15) is 31.3 Å². The van der Waals surface area contributed by atoms with Gasteiger partial charge in [-0.3, -0.25) is 4.79 Å². The summed E-state index contributed by atoms with van der Waals surface area (Å²) in [4.78, 5) is 25.6. The molecule has 0 fully saturated rings. The summed E-state index contributed by atoms with van der Waals surface area (Å²) in [6.45, 7) is 5.94. The monoisotopic (exact) mass is 268 g/mol. The van der Waals surface area contributed by atoms with Crippen molar-refractivity contribution >= 4 is 17.7 Å². The molecule has 7 nitrogen and oxygen atoms in total. The fourth-order valence-electron chi connectivity index (χ4n) is 1.29. The van der Waals surface area contributed by atoms with Gasteiger partial charge in [0, 0.05) is 25.0 Å². The number of rotatable bonds is 4. The van der Waals surface area contributed by atoms with Crippen LogP contribution in [0.2, 0.25) is 0 Å². The molecule has 1 rings (SSSR count). The zero-order valence-corrected chi connectivity index (χ0v) is 11.4. The third-order valence-electron chi connectivity index (χ3n) is 2.03. The zero-order chi connectivity index (χ0) is 14.5. The average molecular weight is 268 g/mol. The lowest BCUT2D eigenvalue weighted by Gasteiger charge is -2.19. The summed E-state index contributed by atoms with van der Waals surface area (Å²) >= 11 is 0. The Balaban J connectivity index is 2.21. The highest BCUT2D eigenvalue weighted by Gasteiger charge is 2.15. The van der Waals surface area contributed by atoms with E-state index in [4.69, 9.17) is 10.5 Å². The van der Waals surface area contributed by atoms with Crippen molar-refractivity contribution in [3.05, 3.63) is 18.0 Å². The Hall–Kier alpha value is -2.18. The van der Waals surface area contributed by atoms with Crippen molar-refractivity contribution in [3.8, 4) is 0 Å². The summed E-state index contributed by atoms with van der Waals surface area (Å²) in [5.74, 6) is -0.275. The highest BCUT2D eigenvalue weighted by atomic mass is 16.6. The van der Waals surface area contributed by atoms with Crippen molar-refractivity contribution in [3.63, 3.8) is 0 Å². The molecule has 2 amide bonds. The Morgan fingerprint density at radius 3 is 2.47 bits per heavy atom. The minimum Gasteiger partial charge on any atom is -0.444 e. The third kappa shape index (κ3) is 5.80. The quantitative estimate of drug-likeness (QED) is 0.607. The van der Waals surface area contributed by atoms with Crippen LogP contribution in [-0.4, -0.2) is 35.7 Å². The van der Waals surface area contributed by atoms with E-state index in [0.717, 1.165) is 0 Å². The normalized spacial score (nSPS) is 10.9. The van der Waals surface area contributed by atoms with E-state index in [0.29, 0.717) is 17.9 Å². The van der Waals surface area contributed by atoms with Crippen LogP contribution in [-0.2, 0) is 4.74 Å². The van der Waals surface area contributed by atoms with E-state index in [1.165, 1.54) is 12.3 Å². The molecule has 0 atom stereocenters. The van der Waals surface area contributed by atoms with Gasteiger partial charge in [-0.15, -0.1) is 0 Å². The van der Waals surface area contributed by atoms with Crippen molar-refractivity contribution < 1.29 is 14.3 Å². The first-order valence-electron chi connectivity index (χ1n) is 5.97. The predicted molar refractivity (Wildman–Crippen MR) is 71.8 cm³/mol. The second-order valence-corrected chi connectivity index (χ2v) is 5.03. The topological polar surface area (TPSA) is 109 Å². The molecular weight excluding hydrogens is 248 g/mol. The lowest BCUT2D eigenvalue weighted by Crippen LogP contribution is -2.37. The number of ether oxygens (including phenoxy) is 1. The van der Waals surface area contributed by atoms with Gasteiger partial charge in [-0.05, 0) is 26.8 Å². The molecule has 0 aliphatic heterocycles. The van der Waals surface area contributed by atoms with Crippen LogP contribution in [0.4, 0.5) is 10.5 Å². The molecule has 0 bridgehead atoms. The zero-order valence-electron chi connectivity index (χ0n) is 11.4. The number of carbonyl (C=O) groups is 2. The van der Waals surface area contributed by atoms with Crippen molar-refractivity contribution in [1.82, 2.24) is 15.6 Å². The van der Waals surface area contributed by atoms with Gasteiger partial charge in [0.1, 0.15) is 11.3 Å². The highest BCUT2D eigenvalue weighted by Crippen LogP contribution is 2.06. The number of nitrogens with two attached hydrogens (primary N) is 1. The number of nitrogens with one attached hydrogen (secondary N) is 3. The van der Waals surface area contributed by atoms with E-state index in [2.05, 4.69) is 15.6 Å². The molecule has 0 aliphatic carbocycles. The van der Waals surface area contributed by atoms with Crippen molar-refractivity contribution in [1.29, 1.82) is 0 Å². The number of carbonyl (C=O) groups excluding carboxylic acids is 2. The number of amides is 2. The number of nitrogen functional groups attached to an aromatic ring is 1. The molecule has 106 valence electrons. The van der Waals surface area contributed by atoms with Gasteiger partial charge >= 0.3 is 6.09 Å². The molecule has 7 heteroatoms. The maximum Gasteiger partial charge on any atom is 0.407 e. The van der Waals surface area contributed by atoms with E-state index in [1.54, 1.807) is 20.8 Å². The first-order valence-corrected chi connectivity index (χ1v) is 5.97. The van der Waals surface area contributed by atoms with Gasteiger partial charge in [-0.2, -0.15) is 0 Å². The lowest BCUT2D eigenvalue weighted by molar-refractivity contribution is 0.0526. The number of alkyl carbamates (subject to hydrolysis) is 1. The Morgan fingerprint density at radius 2 is 1.95 bits per heavy atom. The summed E-state index contributed by atoms with van der Waals surface area (Å²) < 4.78 is 5.05. The number of anilines is 1. The molecule has 0 unspecified atom stereocenters. The number of H-pyrrole nitrogens is 1. The van der Waals surface area contributed by atoms with E-state index >= 15 is 0 Å². The second-order valence-electron chi connectivity index (χ2n) is 5.03. The number of aromatic nitrogens is 1. The molecule has 1 heterocycles. The van der Waals surface area contributed by atoms with Crippen LogP contribution in [0.15, 0.2) is 12.3 Å². The smallest absolute Gasteiger partial charge is 0.407 e. The van der Waals surface area contributed by atoms with Gasteiger partial charge in [0.15, 0.2) is 0 Å². The molecule has 19 heavy (non-hydrogen) atoms. The lowest BCUT2D eigenvalue weighted by atomic mass is 10.2. The first-order chi connectivity index (χ1) is 8.78. The summed E-state index contributed by atoms with van der Waals surface area (Å²) in [6, 6.07) is 1.54. The summed E-state index contributed by atoms with van der Waals surface area (Å²) in [7, 11) is 0. The van der Waals surface area contributed by atoms with Gasteiger partial charge in [-0.25, -0.2) is 4.79 Å². The molecule has 5 N–H and O–H groups in total. The van der Waals surface area contributed by atoms with Crippen molar-refractivity contribution in [2.24, 2.45) is 0 Å². The predicted octanol–water partition coefficient (Wildman–Crippen LogP) is 0.851. The van der Waals surface area contributed by atoms with Crippen LogP contribution in [0, 0.1) is 0 Å². The van der Waals surface area contributed by atoms with E-state index in [1.807, 2.05) is 0 Å². The Morgan fingerprint density at radius 1 is 1.32 bits per heavy atom. The van der Waals surface area contributed by atoms with E-state index in [-0.39, 0.29) is 12.5 Å². The molecule has 0 aromatic carbocycles. The second kappa shape index (κ2) is 6.12. The van der Waals surface area contributed by atoms with Crippen LogP contribution in [0.5, 0.6) is 0 Å². The average Bonchev–Trinajstić information content (AvgIpc) is 2.68. The Kier molecular flexibility index (Phi) is 4.80. The summed E-state index contributed by atoms with van der Waals surface area (Å²) in [5, 5.41) is 5.17. The molecule has 1 aromatic rings. The van der Waals surface area contributed by atoms with Crippen LogP contribution >= 0.6 is 0 Å². The van der Waals surface area contributed by atoms with Crippen LogP contribution in [0.25, 0.3) is 0 Å². The fourth-order valence-corrected chi connectivity index (χ4v) is 1.29. The molecule has 1 aromatic heterocycles. The number of hydrogen-bond donors (Lipinski definition) is 4. The molecule has 0 spiro atoms.